The van der Waals surface area contributed by atoms with Crippen LogP contribution in [0, 0.1) is 5.92 Å². The van der Waals surface area contributed by atoms with Crippen molar-refractivity contribution >= 4 is 5.78 Å². The van der Waals surface area contributed by atoms with Crippen LogP contribution in [0.3, 0.4) is 0 Å². The molecule has 1 N–H and O–H groups in total. The van der Waals surface area contributed by atoms with Crippen molar-refractivity contribution in [3.8, 4) is 0 Å². The van der Waals surface area contributed by atoms with Gasteiger partial charge in [0, 0.05) is 0 Å². The third-order valence-electron chi connectivity index (χ3n) is 2.44. The number of carbonyl (C=O) groups is 1. The van der Waals surface area contributed by atoms with Gasteiger partial charge in [0.15, 0.2) is 12.0 Å². The van der Waals surface area contributed by atoms with E-state index in [1.165, 1.54) is 6.92 Å². The molecule has 70 valence electrons. The molecule has 1 aliphatic rings. The van der Waals surface area contributed by atoms with Gasteiger partial charge in [0.2, 0.25) is 0 Å². The minimum Gasteiger partial charge on any atom is -0.317 e. The van der Waals surface area contributed by atoms with Crippen molar-refractivity contribution in [3.05, 3.63) is 0 Å². The van der Waals surface area contributed by atoms with Gasteiger partial charge >= 0.3 is 0 Å². The van der Waals surface area contributed by atoms with Gasteiger partial charge in [-0.05, 0) is 45.2 Å². The zero-order valence-electron chi connectivity index (χ0n) is 7.48. The Kier molecular flexibility index (Phi) is 3.66. The highest BCUT2D eigenvalue weighted by molar-refractivity contribution is 5.80. The number of carbonyl (C=O) groups excluding carboxylic acids is 1. The highest BCUT2D eigenvalue weighted by atomic mass is 19.1. The number of rotatable bonds is 3. The number of hydrogen-bond acceptors (Lipinski definition) is 2. The largest absolute Gasteiger partial charge is 0.317 e. The van der Waals surface area contributed by atoms with Crippen LogP contribution in [0.4, 0.5) is 4.39 Å². The molecule has 0 bridgehead atoms. The second-order valence-electron chi connectivity index (χ2n) is 3.51. The highest BCUT2D eigenvalue weighted by Crippen LogP contribution is 2.19. The van der Waals surface area contributed by atoms with Crippen LogP contribution in [-0.2, 0) is 4.79 Å². The Morgan fingerprint density at radius 2 is 2.17 bits per heavy atom. The van der Waals surface area contributed by atoms with Crippen LogP contribution < -0.4 is 5.32 Å². The molecule has 0 aromatic carbocycles. The molecule has 1 atom stereocenters. The van der Waals surface area contributed by atoms with E-state index in [2.05, 4.69) is 5.32 Å². The summed E-state index contributed by atoms with van der Waals surface area (Å²) in [5.74, 6) is 0.0821. The minimum absolute atomic E-state index is 0.325. The standard InChI is InChI=1S/C9H16FNO/c1-7(12)9(10)6-8-2-4-11-5-3-8/h8-9,11H,2-6H2,1H3. The molecule has 12 heavy (non-hydrogen) atoms. The van der Waals surface area contributed by atoms with Gasteiger partial charge in [0.1, 0.15) is 0 Å². The maximum atomic E-state index is 12.9. The average Bonchev–Trinajstić information content (AvgIpc) is 2.06. The number of piperidine rings is 1. The Morgan fingerprint density at radius 3 is 2.67 bits per heavy atom. The normalized spacial score (nSPS) is 22.2. The molecule has 0 aliphatic carbocycles. The quantitative estimate of drug-likeness (QED) is 0.697. The highest BCUT2D eigenvalue weighted by Gasteiger charge is 2.20. The van der Waals surface area contributed by atoms with E-state index < -0.39 is 6.17 Å². The summed E-state index contributed by atoms with van der Waals surface area (Å²) >= 11 is 0. The molecular formula is C9H16FNO. The number of halogens is 1. The molecule has 3 heteroatoms. The smallest absolute Gasteiger partial charge is 0.163 e. The molecule has 1 fully saturated rings. The minimum atomic E-state index is -1.23. The van der Waals surface area contributed by atoms with Crippen LogP contribution in [0.15, 0.2) is 0 Å². The molecule has 0 aromatic heterocycles. The molecule has 0 aromatic rings. The molecule has 0 spiro atoms. The van der Waals surface area contributed by atoms with Gasteiger partial charge in [-0.2, -0.15) is 0 Å². The molecule has 0 radical (unpaired) electrons. The molecule has 2 nitrogen and oxygen atoms in total. The lowest BCUT2D eigenvalue weighted by molar-refractivity contribution is -0.122. The lowest BCUT2D eigenvalue weighted by Crippen LogP contribution is -2.30. The van der Waals surface area contributed by atoms with Crippen LogP contribution in [0.25, 0.3) is 0 Å². The lowest BCUT2D eigenvalue weighted by atomic mass is 9.92. The number of nitrogens with one attached hydrogen (secondary N) is 1. The third-order valence-corrected chi connectivity index (χ3v) is 2.44. The first-order valence-electron chi connectivity index (χ1n) is 4.55. The second-order valence-corrected chi connectivity index (χ2v) is 3.51. The maximum Gasteiger partial charge on any atom is 0.163 e. The van der Waals surface area contributed by atoms with Crippen LogP contribution >= 0.6 is 0 Å². The van der Waals surface area contributed by atoms with Crippen molar-refractivity contribution in [3.63, 3.8) is 0 Å². The number of ketones is 1. The van der Waals surface area contributed by atoms with E-state index >= 15 is 0 Å². The fraction of sp³-hybridized carbons (Fsp3) is 0.889. The lowest BCUT2D eigenvalue weighted by Gasteiger charge is -2.23. The molecule has 1 unspecified atom stereocenters. The summed E-state index contributed by atoms with van der Waals surface area (Å²) in [6.07, 6.45) is 1.21. The van der Waals surface area contributed by atoms with Crippen LogP contribution in [-0.4, -0.2) is 25.0 Å². The van der Waals surface area contributed by atoms with Gasteiger partial charge in [-0.15, -0.1) is 0 Å². The molecule has 1 heterocycles. The zero-order valence-corrected chi connectivity index (χ0v) is 7.48. The van der Waals surface area contributed by atoms with Gasteiger partial charge in [0.25, 0.3) is 0 Å². The molecule has 1 saturated heterocycles. The fourth-order valence-corrected chi connectivity index (χ4v) is 1.58. The summed E-state index contributed by atoms with van der Waals surface area (Å²) in [5, 5.41) is 3.21. The molecular weight excluding hydrogens is 157 g/mol. The van der Waals surface area contributed by atoms with Gasteiger partial charge < -0.3 is 5.32 Å². The van der Waals surface area contributed by atoms with Crippen molar-refractivity contribution in [2.24, 2.45) is 5.92 Å². The number of alkyl halides is 1. The predicted molar refractivity (Wildman–Crippen MR) is 45.8 cm³/mol. The summed E-state index contributed by atoms with van der Waals surface area (Å²) < 4.78 is 12.9. The average molecular weight is 173 g/mol. The van der Waals surface area contributed by atoms with Gasteiger partial charge in [-0.1, -0.05) is 0 Å². The van der Waals surface area contributed by atoms with Crippen molar-refractivity contribution in [2.75, 3.05) is 13.1 Å². The molecule has 1 rings (SSSR count). The van der Waals surface area contributed by atoms with E-state index in [9.17, 15) is 9.18 Å². The first kappa shape index (κ1) is 9.65. The van der Waals surface area contributed by atoms with E-state index in [0.717, 1.165) is 25.9 Å². The van der Waals surface area contributed by atoms with Crippen molar-refractivity contribution in [1.82, 2.24) is 5.32 Å². The predicted octanol–water partition coefficient (Wildman–Crippen LogP) is 1.30. The number of hydrogen-bond donors (Lipinski definition) is 1. The Hall–Kier alpha value is -0.440. The van der Waals surface area contributed by atoms with E-state index in [1.54, 1.807) is 0 Å². The molecule has 1 aliphatic heterocycles. The maximum absolute atomic E-state index is 12.9. The van der Waals surface area contributed by atoms with Gasteiger partial charge in [0.05, 0.1) is 0 Å². The molecule has 0 saturated carbocycles. The van der Waals surface area contributed by atoms with E-state index in [-0.39, 0.29) is 5.78 Å². The summed E-state index contributed by atoms with van der Waals surface area (Å²) in [5.41, 5.74) is 0. The molecule has 0 amide bonds. The second kappa shape index (κ2) is 4.55. The van der Waals surface area contributed by atoms with Gasteiger partial charge in [-0.25, -0.2) is 4.39 Å². The Morgan fingerprint density at radius 1 is 1.58 bits per heavy atom. The monoisotopic (exact) mass is 173 g/mol. The third kappa shape index (κ3) is 2.89. The fourth-order valence-electron chi connectivity index (χ4n) is 1.58. The van der Waals surface area contributed by atoms with Crippen molar-refractivity contribution in [1.29, 1.82) is 0 Å². The Bertz CT molecular complexity index is 155. The van der Waals surface area contributed by atoms with Crippen LogP contribution in [0.1, 0.15) is 26.2 Å². The first-order chi connectivity index (χ1) is 5.70. The SMILES string of the molecule is CC(=O)C(F)CC1CCNCC1. The van der Waals surface area contributed by atoms with Crippen LogP contribution in [0.5, 0.6) is 0 Å². The van der Waals surface area contributed by atoms with E-state index in [4.69, 9.17) is 0 Å². The van der Waals surface area contributed by atoms with Gasteiger partial charge in [-0.3, -0.25) is 4.79 Å². The Labute approximate surface area is 72.5 Å². The van der Waals surface area contributed by atoms with Crippen LogP contribution in [0.2, 0.25) is 0 Å². The van der Waals surface area contributed by atoms with Crippen molar-refractivity contribution in [2.45, 2.75) is 32.4 Å². The van der Waals surface area contributed by atoms with E-state index in [1.807, 2.05) is 0 Å². The zero-order chi connectivity index (χ0) is 8.97. The summed E-state index contributed by atoms with van der Waals surface area (Å²) in [7, 11) is 0. The summed E-state index contributed by atoms with van der Waals surface area (Å²) in [4.78, 5) is 10.6. The first-order valence-corrected chi connectivity index (χ1v) is 4.55. The van der Waals surface area contributed by atoms with E-state index in [0.29, 0.717) is 12.3 Å². The van der Waals surface area contributed by atoms with Crippen molar-refractivity contribution < 1.29 is 9.18 Å². The number of Topliss-reactive ketones (excluding diaryl/α,β-unsaturated/α-hetero) is 1. The Balaban J connectivity index is 2.24. The topological polar surface area (TPSA) is 29.1 Å². The summed E-state index contributed by atoms with van der Waals surface area (Å²) in [6.45, 7) is 3.26. The summed E-state index contributed by atoms with van der Waals surface area (Å²) in [6, 6.07) is 0.